The summed E-state index contributed by atoms with van der Waals surface area (Å²) in [6, 6.07) is 0. The molecule has 0 aliphatic carbocycles. The van der Waals surface area contributed by atoms with Crippen molar-refractivity contribution in [1.82, 2.24) is 24.0 Å². The molecule has 0 N–H and O–H groups in total. The lowest BCUT2D eigenvalue weighted by Crippen LogP contribution is -2.45. The Morgan fingerprint density at radius 1 is 1.31 bits per heavy atom. The van der Waals surface area contributed by atoms with Gasteiger partial charge in [0.2, 0.25) is 5.91 Å². The summed E-state index contributed by atoms with van der Waals surface area (Å²) in [4.78, 5) is 48.7. The Labute approximate surface area is 173 Å². The van der Waals surface area contributed by atoms with E-state index < -0.39 is 11.2 Å². The van der Waals surface area contributed by atoms with E-state index in [0.717, 1.165) is 4.57 Å². The molecule has 0 spiro atoms. The zero-order chi connectivity index (χ0) is 21.3. The van der Waals surface area contributed by atoms with Gasteiger partial charge in [-0.25, -0.2) is 14.8 Å². The molecule has 0 bridgehead atoms. The van der Waals surface area contributed by atoms with E-state index in [4.69, 9.17) is 4.74 Å². The fourth-order valence-electron chi connectivity index (χ4n) is 3.34. The summed E-state index contributed by atoms with van der Waals surface area (Å²) in [5.74, 6) is 0.786. The van der Waals surface area contributed by atoms with E-state index in [-0.39, 0.29) is 29.1 Å². The van der Waals surface area contributed by atoms with Gasteiger partial charge in [0.25, 0.3) is 5.56 Å². The molecule has 0 unspecified atom stereocenters. The third-order valence-corrected chi connectivity index (χ3v) is 5.69. The molecule has 0 saturated carbocycles. The summed E-state index contributed by atoms with van der Waals surface area (Å²) >= 11 is 1.21. The highest BCUT2D eigenvalue weighted by atomic mass is 32.2. The molecule has 10 heteroatoms. The fourth-order valence-corrected chi connectivity index (χ4v) is 4.30. The van der Waals surface area contributed by atoms with Crippen LogP contribution in [0.3, 0.4) is 0 Å². The van der Waals surface area contributed by atoms with Crippen molar-refractivity contribution in [3.05, 3.63) is 26.7 Å². The number of aryl methyl sites for hydroxylation is 1. The minimum Gasteiger partial charge on any atom is -0.375 e. The molecule has 1 aliphatic heterocycles. The second kappa shape index (κ2) is 8.66. The van der Waals surface area contributed by atoms with E-state index in [0.29, 0.717) is 42.7 Å². The number of hydrogen-bond donors (Lipinski definition) is 0. The van der Waals surface area contributed by atoms with Crippen molar-refractivity contribution in [1.29, 1.82) is 0 Å². The average molecular weight is 422 g/mol. The highest BCUT2D eigenvalue weighted by Gasteiger charge is 2.23. The number of aromatic nitrogens is 4. The number of carbonyl (C=O) groups is 1. The van der Waals surface area contributed by atoms with Gasteiger partial charge in [0.05, 0.1) is 18.5 Å². The number of hydrogen-bond acceptors (Lipinski definition) is 7. The van der Waals surface area contributed by atoms with E-state index >= 15 is 0 Å². The van der Waals surface area contributed by atoms with Crippen LogP contribution < -0.4 is 11.2 Å². The SMILES string of the molecule is Cc1nc(SCC(=O)N2CCO[C@@H](C)C2)c2c(=O)n(C)c(=O)n(CC(C)C)c2n1. The van der Waals surface area contributed by atoms with Crippen molar-refractivity contribution in [3.63, 3.8) is 0 Å². The summed E-state index contributed by atoms with van der Waals surface area (Å²) < 4.78 is 8.08. The largest absolute Gasteiger partial charge is 0.375 e. The van der Waals surface area contributed by atoms with Crippen LogP contribution in [0.25, 0.3) is 11.0 Å². The van der Waals surface area contributed by atoms with Gasteiger partial charge in [0.1, 0.15) is 16.2 Å². The standard InChI is InChI=1S/C19H27N5O4S/c1-11(2)8-24-16-15(18(26)22(5)19(24)27)17(21-13(4)20-16)29-10-14(25)23-6-7-28-12(3)9-23/h11-12H,6-10H2,1-5H3/t12-/m0/s1. The summed E-state index contributed by atoms with van der Waals surface area (Å²) in [5, 5.41) is 0.715. The highest BCUT2D eigenvalue weighted by Crippen LogP contribution is 2.23. The van der Waals surface area contributed by atoms with Crippen molar-refractivity contribution < 1.29 is 9.53 Å². The number of carbonyl (C=O) groups excluding carboxylic acids is 1. The summed E-state index contributed by atoms with van der Waals surface area (Å²) in [7, 11) is 1.45. The monoisotopic (exact) mass is 421 g/mol. The quantitative estimate of drug-likeness (QED) is 0.520. The van der Waals surface area contributed by atoms with Crippen LogP contribution >= 0.6 is 11.8 Å². The van der Waals surface area contributed by atoms with Gasteiger partial charge in [-0.05, 0) is 19.8 Å². The lowest BCUT2D eigenvalue weighted by molar-refractivity contribution is -0.135. The first-order chi connectivity index (χ1) is 13.7. The molecule has 1 fully saturated rings. The van der Waals surface area contributed by atoms with Crippen LogP contribution in [0, 0.1) is 12.8 Å². The van der Waals surface area contributed by atoms with E-state index in [1.54, 1.807) is 11.8 Å². The van der Waals surface area contributed by atoms with Crippen molar-refractivity contribution in [2.75, 3.05) is 25.4 Å². The molecule has 1 saturated heterocycles. The molecule has 9 nitrogen and oxygen atoms in total. The van der Waals surface area contributed by atoms with Crippen LogP contribution in [0.5, 0.6) is 0 Å². The van der Waals surface area contributed by atoms with E-state index in [2.05, 4.69) is 9.97 Å². The molecule has 2 aromatic heterocycles. The molecule has 2 aromatic rings. The van der Waals surface area contributed by atoms with Crippen molar-refractivity contribution in [3.8, 4) is 0 Å². The Bertz CT molecular complexity index is 1050. The van der Waals surface area contributed by atoms with E-state index in [1.807, 2.05) is 20.8 Å². The van der Waals surface area contributed by atoms with Gasteiger partial charge < -0.3 is 9.64 Å². The molecule has 0 radical (unpaired) electrons. The lowest BCUT2D eigenvalue weighted by atomic mass is 10.2. The first-order valence-corrected chi connectivity index (χ1v) is 10.7. The van der Waals surface area contributed by atoms with Gasteiger partial charge in [-0.1, -0.05) is 25.6 Å². The molecule has 1 atom stereocenters. The minimum absolute atomic E-state index is 0.0117. The highest BCUT2D eigenvalue weighted by molar-refractivity contribution is 8.00. The smallest absolute Gasteiger partial charge is 0.332 e. The first-order valence-electron chi connectivity index (χ1n) is 9.69. The Balaban J connectivity index is 2.00. The second-order valence-electron chi connectivity index (χ2n) is 7.74. The van der Waals surface area contributed by atoms with Gasteiger partial charge in [-0.2, -0.15) is 0 Å². The van der Waals surface area contributed by atoms with Crippen LogP contribution in [-0.4, -0.2) is 61.5 Å². The Hall–Kier alpha value is -2.20. The summed E-state index contributed by atoms with van der Waals surface area (Å²) in [6.07, 6.45) is 0.0117. The Morgan fingerprint density at radius 2 is 2.03 bits per heavy atom. The zero-order valence-electron chi connectivity index (χ0n) is 17.5. The van der Waals surface area contributed by atoms with Crippen LogP contribution in [0.15, 0.2) is 14.6 Å². The van der Waals surface area contributed by atoms with Crippen LogP contribution in [-0.2, 0) is 23.1 Å². The molecule has 3 heterocycles. The maximum atomic E-state index is 12.9. The third kappa shape index (κ3) is 4.53. The number of thioether (sulfide) groups is 1. The normalized spacial score (nSPS) is 17.3. The number of rotatable bonds is 5. The molecular weight excluding hydrogens is 394 g/mol. The second-order valence-corrected chi connectivity index (χ2v) is 8.70. The van der Waals surface area contributed by atoms with Gasteiger partial charge >= 0.3 is 5.69 Å². The maximum absolute atomic E-state index is 12.9. The Kier molecular flexibility index (Phi) is 6.42. The maximum Gasteiger partial charge on any atom is 0.332 e. The molecular formula is C19H27N5O4S. The average Bonchev–Trinajstić information content (AvgIpc) is 2.67. The van der Waals surface area contributed by atoms with Gasteiger partial charge in [-0.15, -0.1) is 0 Å². The van der Waals surface area contributed by atoms with Crippen molar-refractivity contribution in [2.45, 2.75) is 45.4 Å². The minimum atomic E-state index is -0.444. The molecule has 29 heavy (non-hydrogen) atoms. The number of amides is 1. The molecule has 0 aromatic carbocycles. The van der Waals surface area contributed by atoms with Gasteiger partial charge in [-0.3, -0.25) is 18.7 Å². The molecule has 1 aliphatic rings. The van der Waals surface area contributed by atoms with Crippen molar-refractivity contribution in [2.24, 2.45) is 13.0 Å². The predicted molar refractivity (Wildman–Crippen MR) is 111 cm³/mol. The fraction of sp³-hybridized carbons (Fsp3) is 0.632. The van der Waals surface area contributed by atoms with Crippen molar-refractivity contribution >= 4 is 28.7 Å². The Morgan fingerprint density at radius 3 is 2.69 bits per heavy atom. The third-order valence-electron chi connectivity index (χ3n) is 4.73. The summed E-state index contributed by atoms with van der Waals surface area (Å²) in [5.41, 5.74) is -0.516. The van der Waals surface area contributed by atoms with E-state index in [9.17, 15) is 14.4 Å². The molecule has 3 rings (SSSR count). The topological polar surface area (TPSA) is 99.3 Å². The van der Waals surface area contributed by atoms with Crippen LogP contribution in [0.4, 0.5) is 0 Å². The molecule has 1 amide bonds. The van der Waals surface area contributed by atoms with E-state index in [1.165, 1.54) is 23.4 Å². The number of morpholine rings is 1. The molecule has 158 valence electrons. The van der Waals surface area contributed by atoms with Gasteiger partial charge in [0.15, 0.2) is 5.65 Å². The van der Waals surface area contributed by atoms with Crippen LogP contribution in [0.2, 0.25) is 0 Å². The van der Waals surface area contributed by atoms with Gasteiger partial charge in [0, 0.05) is 26.7 Å². The number of fused-ring (bicyclic) bond motifs is 1. The summed E-state index contributed by atoms with van der Waals surface area (Å²) in [6.45, 7) is 9.72. The lowest BCUT2D eigenvalue weighted by Gasteiger charge is -2.31. The predicted octanol–water partition coefficient (Wildman–Crippen LogP) is 0.794. The van der Waals surface area contributed by atoms with Crippen LogP contribution in [0.1, 0.15) is 26.6 Å². The zero-order valence-corrected chi connectivity index (χ0v) is 18.3. The first kappa shape index (κ1) is 21.5. The number of nitrogens with zero attached hydrogens (tertiary/aromatic N) is 5. The number of ether oxygens (including phenoxy) is 1.